The highest BCUT2D eigenvalue weighted by molar-refractivity contribution is 5.79. The molecule has 0 saturated carbocycles. The molecule has 0 aromatic carbocycles. The highest BCUT2D eigenvalue weighted by Gasteiger charge is 2.32. The maximum absolute atomic E-state index is 11.6. The summed E-state index contributed by atoms with van der Waals surface area (Å²) in [7, 11) is 0. The topological polar surface area (TPSA) is 68.5 Å². The van der Waals surface area contributed by atoms with Crippen molar-refractivity contribution in [3.63, 3.8) is 0 Å². The number of nitrogens with zero attached hydrogens (tertiary/aromatic N) is 2. The first-order chi connectivity index (χ1) is 9.70. The van der Waals surface area contributed by atoms with E-state index in [1.807, 2.05) is 18.2 Å². The molecule has 0 radical (unpaired) electrons. The standard InChI is InChI=1S/C15H23N3O2/c1-2-3-6-13(15(16)19)18-10-8-12(11-18)20-14-7-4-5-9-17-14/h4-5,7,9,12-13H,2-3,6,8,10-11H2,1H3,(H2,16,19)/t12-,13+/m0/s1. The number of aromatic nitrogens is 1. The number of ether oxygens (including phenoxy) is 1. The molecule has 0 aliphatic carbocycles. The molecule has 1 aliphatic rings. The van der Waals surface area contributed by atoms with Crippen molar-refractivity contribution >= 4 is 5.91 Å². The highest BCUT2D eigenvalue weighted by atomic mass is 16.5. The highest BCUT2D eigenvalue weighted by Crippen LogP contribution is 2.20. The molecule has 1 fully saturated rings. The Hall–Kier alpha value is -1.62. The summed E-state index contributed by atoms with van der Waals surface area (Å²) in [5, 5.41) is 0. The molecule has 1 amide bonds. The van der Waals surface area contributed by atoms with E-state index in [1.165, 1.54) is 0 Å². The van der Waals surface area contributed by atoms with Gasteiger partial charge in [0.2, 0.25) is 11.8 Å². The maximum atomic E-state index is 11.6. The minimum atomic E-state index is -0.225. The number of carbonyl (C=O) groups excluding carboxylic acids is 1. The third-order valence-corrected chi connectivity index (χ3v) is 3.70. The molecule has 1 aromatic heterocycles. The number of pyridine rings is 1. The Morgan fingerprint density at radius 2 is 2.45 bits per heavy atom. The van der Waals surface area contributed by atoms with Gasteiger partial charge < -0.3 is 10.5 Å². The van der Waals surface area contributed by atoms with Crippen LogP contribution in [0.2, 0.25) is 0 Å². The van der Waals surface area contributed by atoms with Gasteiger partial charge in [0, 0.05) is 25.4 Å². The Labute approximate surface area is 120 Å². The van der Waals surface area contributed by atoms with E-state index in [0.717, 1.165) is 38.8 Å². The van der Waals surface area contributed by atoms with Gasteiger partial charge in [-0.05, 0) is 18.9 Å². The van der Waals surface area contributed by atoms with Gasteiger partial charge in [-0.15, -0.1) is 0 Å². The van der Waals surface area contributed by atoms with Gasteiger partial charge in [-0.1, -0.05) is 25.8 Å². The predicted molar refractivity (Wildman–Crippen MR) is 77.4 cm³/mol. The normalized spacial score (nSPS) is 20.8. The van der Waals surface area contributed by atoms with E-state index in [1.54, 1.807) is 6.20 Å². The van der Waals surface area contributed by atoms with Crippen molar-refractivity contribution < 1.29 is 9.53 Å². The van der Waals surface area contributed by atoms with Crippen LogP contribution >= 0.6 is 0 Å². The molecule has 1 aliphatic heterocycles. The largest absolute Gasteiger partial charge is 0.473 e. The van der Waals surface area contributed by atoms with Crippen molar-refractivity contribution in [2.24, 2.45) is 5.73 Å². The molecule has 2 rings (SSSR count). The van der Waals surface area contributed by atoms with Crippen LogP contribution in [0.1, 0.15) is 32.6 Å². The summed E-state index contributed by atoms with van der Waals surface area (Å²) in [6.45, 7) is 3.72. The van der Waals surface area contributed by atoms with Gasteiger partial charge in [0.05, 0.1) is 6.04 Å². The van der Waals surface area contributed by atoms with Crippen LogP contribution in [0.25, 0.3) is 0 Å². The molecule has 1 aromatic rings. The molecule has 5 nitrogen and oxygen atoms in total. The molecule has 0 spiro atoms. The summed E-state index contributed by atoms with van der Waals surface area (Å²) in [6.07, 6.45) is 5.65. The molecule has 20 heavy (non-hydrogen) atoms. The zero-order valence-electron chi connectivity index (χ0n) is 12.0. The van der Waals surface area contributed by atoms with Gasteiger partial charge in [0.25, 0.3) is 0 Å². The van der Waals surface area contributed by atoms with Gasteiger partial charge in [-0.2, -0.15) is 0 Å². The van der Waals surface area contributed by atoms with Gasteiger partial charge in [0.1, 0.15) is 6.10 Å². The van der Waals surface area contributed by atoms with Crippen LogP contribution < -0.4 is 10.5 Å². The van der Waals surface area contributed by atoms with Crippen molar-refractivity contribution in [1.29, 1.82) is 0 Å². The number of carbonyl (C=O) groups is 1. The first kappa shape index (κ1) is 14.8. The summed E-state index contributed by atoms with van der Waals surface area (Å²) < 4.78 is 5.84. The number of hydrogen-bond donors (Lipinski definition) is 1. The number of primary amides is 1. The van der Waals surface area contributed by atoms with E-state index < -0.39 is 0 Å². The average molecular weight is 277 g/mol. The van der Waals surface area contributed by atoms with Gasteiger partial charge in [-0.3, -0.25) is 9.69 Å². The Balaban J connectivity index is 1.88. The van der Waals surface area contributed by atoms with Crippen LogP contribution in [0.3, 0.4) is 0 Å². The number of likely N-dealkylation sites (tertiary alicyclic amines) is 1. The monoisotopic (exact) mass is 277 g/mol. The molecule has 2 heterocycles. The van der Waals surface area contributed by atoms with Crippen LogP contribution in [0.15, 0.2) is 24.4 Å². The van der Waals surface area contributed by atoms with Crippen LogP contribution in [0, 0.1) is 0 Å². The van der Waals surface area contributed by atoms with Crippen molar-refractivity contribution in [2.45, 2.75) is 44.8 Å². The minimum Gasteiger partial charge on any atom is -0.473 e. The second-order valence-electron chi connectivity index (χ2n) is 5.25. The number of rotatable bonds is 7. The van der Waals surface area contributed by atoms with Crippen molar-refractivity contribution in [1.82, 2.24) is 9.88 Å². The SMILES string of the molecule is CCCC[C@H](C(N)=O)N1CC[C@H](Oc2ccccn2)C1. The fraction of sp³-hybridized carbons (Fsp3) is 0.600. The van der Waals surface area contributed by atoms with E-state index in [4.69, 9.17) is 10.5 Å². The lowest BCUT2D eigenvalue weighted by molar-refractivity contribution is -0.123. The number of unbranched alkanes of at least 4 members (excludes halogenated alkanes) is 1. The van der Waals surface area contributed by atoms with Crippen molar-refractivity contribution in [2.75, 3.05) is 13.1 Å². The molecule has 0 unspecified atom stereocenters. The second-order valence-corrected chi connectivity index (χ2v) is 5.25. The molecule has 2 atom stereocenters. The summed E-state index contributed by atoms with van der Waals surface area (Å²) >= 11 is 0. The quantitative estimate of drug-likeness (QED) is 0.821. The van der Waals surface area contributed by atoms with Crippen LogP contribution in [-0.4, -0.2) is 41.0 Å². The van der Waals surface area contributed by atoms with Crippen LogP contribution in [0.4, 0.5) is 0 Å². The molecular weight excluding hydrogens is 254 g/mol. The van der Waals surface area contributed by atoms with Gasteiger partial charge in [-0.25, -0.2) is 4.98 Å². The van der Waals surface area contributed by atoms with Crippen molar-refractivity contribution in [3.8, 4) is 5.88 Å². The lowest BCUT2D eigenvalue weighted by Gasteiger charge is -2.24. The fourth-order valence-electron chi connectivity index (χ4n) is 2.62. The van der Waals surface area contributed by atoms with Crippen LogP contribution in [0.5, 0.6) is 5.88 Å². The molecule has 0 bridgehead atoms. The Bertz CT molecular complexity index is 424. The third kappa shape index (κ3) is 3.93. The Morgan fingerprint density at radius 1 is 1.60 bits per heavy atom. The van der Waals surface area contributed by atoms with E-state index >= 15 is 0 Å². The minimum absolute atomic E-state index is 0.0911. The summed E-state index contributed by atoms with van der Waals surface area (Å²) in [5.41, 5.74) is 5.52. The number of amides is 1. The Morgan fingerprint density at radius 3 is 3.10 bits per heavy atom. The zero-order valence-corrected chi connectivity index (χ0v) is 12.0. The molecule has 110 valence electrons. The maximum Gasteiger partial charge on any atom is 0.234 e. The fourth-order valence-corrected chi connectivity index (χ4v) is 2.62. The first-order valence-corrected chi connectivity index (χ1v) is 7.31. The summed E-state index contributed by atoms with van der Waals surface area (Å²) in [4.78, 5) is 17.9. The first-order valence-electron chi connectivity index (χ1n) is 7.31. The number of nitrogens with two attached hydrogens (primary N) is 1. The van der Waals surface area contributed by atoms with Gasteiger partial charge >= 0.3 is 0 Å². The lowest BCUT2D eigenvalue weighted by atomic mass is 10.1. The third-order valence-electron chi connectivity index (χ3n) is 3.70. The molecule has 1 saturated heterocycles. The summed E-state index contributed by atoms with van der Waals surface area (Å²) in [5.74, 6) is 0.417. The molecular formula is C15H23N3O2. The van der Waals surface area contributed by atoms with E-state index in [2.05, 4.69) is 16.8 Å². The molecule has 2 N–H and O–H groups in total. The van der Waals surface area contributed by atoms with E-state index in [-0.39, 0.29) is 18.1 Å². The van der Waals surface area contributed by atoms with E-state index in [9.17, 15) is 4.79 Å². The zero-order chi connectivity index (χ0) is 14.4. The van der Waals surface area contributed by atoms with Crippen LogP contribution in [-0.2, 0) is 4.79 Å². The smallest absolute Gasteiger partial charge is 0.234 e. The number of hydrogen-bond acceptors (Lipinski definition) is 4. The van der Waals surface area contributed by atoms with E-state index in [0.29, 0.717) is 5.88 Å². The van der Waals surface area contributed by atoms with Crippen molar-refractivity contribution in [3.05, 3.63) is 24.4 Å². The average Bonchev–Trinajstić information content (AvgIpc) is 2.88. The summed E-state index contributed by atoms with van der Waals surface area (Å²) in [6, 6.07) is 5.46. The lowest BCUT2D eigenvalue weighted by Crippen LogP contribution is -2.44. The molecule has 5 heteroatoms. The predicted octanol–water partition coefficient (Wildman–Crippen LogP) is 1.58. The van der Waals surface area contributed by atoms with Gasteiger partial charge in [0.15, 0.2) is 0 Å². The Kier molecular flexibility index (Phi) is 5.35. The second kappa shape index (κ2) is 7.24.